The monoisotopic (exact) mass is 253 g/mol. The van der Waals surface area contributed by atoms with Crippen molar-refractivity contribution >= 4 is 16.9 Å². The van der Waals surface area contributed by atoms with Crippen LogP contribution in [0.4, 0.5) is 5.69 Å². The van der Waals surface area contributed by atoms with Gasteiger partial charge in [-0.1, -0.05) is 29.8 Å². The van der Waals surface area contributed by atoms with Gasteiger partial charge in [-0.3, -0.25) is 0 Å². The number of nitrogen functional groups attached to an aromatic ring is 1. The average molecular weight is 253 g/mol. The van der Waals surface area contributed by atoms with Crippen molar-refractivity contribution in [1.82, 2.24) is 9.97 Å². The summed E-state index contributed by atoms with van der Waals surface area (Å²) < 4.78 is 5.65. The molecule has 96 valence electrons. The molecule has 0 atom stereocenters. The van der Waals surface area contributed by atoms with Crippen LogP contribution in [-0.2, 0) is 12.8 Å². The molecule has 0 aliphatic heterocycles. The molecule has 0 amide bonds. The molecule has 0 spiro atoms. The van der Waals surface area contributed by atoms with E-state index in [4.69, 9.17) is 10.2 Å². The molecule has 2 N–H and O–H groups in total. The fourth-order valence-electron chi connectivity index (χ4n) is 2.11. The highest BCUT2D eigenvalue weighted by atomic mass is 16.3. The second-order valence-corrected chi connectivity index (χ2v) is 4.69. The van der Waals surface area contributed by atoms with Gasteiger partial charge in [0.1, 0.15) is 0 Å². The third-order valence-corrected chi connectivity index (χ3v) is 3.02. The number of benzene rings is 1. The van der Waals surface area contributed by atoms with E-state index in [2.05, 4.69) is 41.2 Å². The van der Waals surface area contributed by atoms with E-state index in [1.165, 1.54) is 11.1 Å². The van der Waals surface area contributed by atoms with Crippen LogP contribution in [0.5, 0.6) is 0 Å². The molecule has 2 heterocycles. The van der Waals surface area contributed by atoms with E-state index in [1.54, 1.807) is 12.3 Å². The van der Waals surface area contributed by atoms with Crippen LogP contribution in [-0.4, -0.2) is 9.97 Å². The third-order valence-electron chi connectivity index (χ3n) is 3.02. The zero-order valence-electron chi connectivity index (χ0n) is 10.8. The molecular weight excluding hydrogens is 238 g/mol. The van der Waals surface area contributed by atoms with Gasteiger partial charge in [-0.25, -0.2) is 4.98 Å². The molecule has 0 aliphatic rings. The number of pyridine rings is 1. The Balaban J connectivity index is 1.78. The van der Waals surface area contributed by atoms with Crippen molar-refractivity contribution in [1.29, 1.82) is 0 Å². The predicted molar refractivity (Wildman–Crippen MR) is 74.8 cm³/mol. The maximum Gasteiger partial charge on any atom is 0.198 e. The van der Waals surface area contributed by atoms with Crippen LogP contribution in [0.3, 0.4) is 0 Å². The van der Waals surface area contributed by atoms with Crippen molar-refractivity contribution in [3.05, 3.63) is 53.5 Å². The van der Waals surface area contributed by atoms with E-state index in [9.17, 15) is 0 Å². The fraction of sp³-hybridized carbons (Fsp3) is 0.200. The van der Waals surface area contributed by atoms with Crippen molar-refractivity contribution in [3.8, 4) is 0 Å². The SMILES string of the molecule is Cc1cccc(CCc2nc3ncc(N)cc3o2)c1. The maximum atomic E-state index is 5.66. The molecular formula is C15H15N3O. The number of fused-ring (bicyclic) bond motifs is 1. The van der Waals surface area contributed by atoms with Crippen LogP contribution in [0.2, 0.25) is 0 Å². The molecule has 4 heteroatoms. The summed E-state index contributed by atoms with van der Waals surface area (Å²) in [5.41, 5.74) is 10.1. The fourth-order valence-corrected chi connectivity index (χ4v) is 2.11. The molecule has 0 aliphatic carbocycles. The molecule has 0 radical (unpaired) electrons. The molecule has 3 rings (SSSR count). The van der Waals surface area contributed by atoms with Gasteiger partial charge in [0.25, 0.3) is 0 Å². The lowest BCUT2D eigenvalue weighted by Gasteiger charge is -1.99. The Morgan fingerprint density at radius 2 is 2.11 bits per heavy atom. The van der Waals surface area contributed by atoms with E-state index < -0.39 is 0 Å². The summed E-state index contributed by atoms with van der Waals surface area (Å²) in [7, 11) is 0. The highest BCUT2D eigenvalue weighted by Crippen LogP contribution is 2.17. The van der Waals surface area contributed by atoms with Gasteiger partial charge in [0, 0.05) is 12.5 Å². The summed E-state index contributed by atoms with van der Waals surface area (Å²) in [6.45, 7) is 2.09. The van der Waals surface area contributed by atoms with E-state index in [-0.39, 0.29) is 0 Å². The molecule has 0 unspecified atom stereocenters. The first-order valence-corrected chi connectivity index (χ1v) is 6.27. The Hall–Kier alpha value is -2.36. The molecule has 1 aromatic carbocycles. The number of nitrogens with two attached hydrogens (primary N) is 1. The van der Waals surface area contributed by atoms with Crippen LogP contribution in [0.1, 0.15) is 17.0 Å². The number of anilines is 1. The summed E-state index contributed by atoms with van der Waals surface area (Å²) in [6, 6.07) is 10.2. The number of rotatable bonds is 3. The minimum atomic E-state index is 0.592. The van der Waals surface area contributed by atoms with Gasteiger partial charge >= 0.3 is 0 Å². The Bertz CT molecular complexity index is 718. The summed E-state index contributed by atoms with van der Waals surface area (Å²) in [5, 5.41) is 0. The average Bonchev–Trinajstić information content (AvgIpc) is 2.78. The lowest BCUT2D eigenvalue weighted by Crippen LogP contribution is -1.91. The predicted octanol–water partition coefficient (Wildman–Crippen LogP) is 2.90. The second kappa shape index (κ2) is 4.72. The minimum absolute atomic E-state index is 0.592. The smallest absolute Gasteiger partial charge is 0.198 e. The van der Waals surface area contributed by atoms with E-state index in [0.717, 1.165) is 12.8 Å². The molecule has 0 saturated carbocycles. The normalized spacial score (nSPS) is 11.0. The van der Waals surface area contributed by atoms with Crippen molar-refractivity contribution in [3.63, 3.8) is 0 Å². The van der Waals surface area contributed by atoms with Gasteiger partial charge < -0.3 is 10.2 Å². The Morgan fingerprint density at radius 1 is 1.21 bits per heavy atom. The number of aromatic nitrogens is 2. The molecule has 2 aromatic heterocycles. The van der Waals surface area contributed by atoms with Gasteiger partial charge in [-0.15, -0.1) is 0 Å². The number of oxazole rings is 1. The van der Waals surface area contributed by atoms with Gasteiger partial charge in [0.2, 0.25) is 0 Å². The highest BCUT2D eigenvalue weighted by Gasteiger charge is 2.07. The first-order valence-electron chi connectivity index (χ1n) is 6.27. The minimum Gasteiger partial charge on any atom is -0.439 e. The third kappa shape index (κ3) is 2.57. The van der Waals surface area contributed by atoms with E-state index in [0.29, 0.717) is 22.8 Å². The quantitative estimate of drug-likeness (QED) is 0.779. The summed E-state index contributed by atoms with van der Waals surface area (Å²) in [4.78, 5) is 8.50. The number of nitrogens with zero attached hydrogens (tertiary/aromatic N) is 2. The lowest BCUT2D eigenvalue weighted by molar-refractivity contribution is 0.528. The first kappa shape index (κ1) is 11.7. The van der Waals surface area contributed by atoms with Gasteiger partial charge in [-0.2, -0.15) is 4.98 Å². The highest BCUT2D eigenvalue weighted by molar-refractivity contribution is 5.71. The van der Waals surface area contributed by atoms with Crippen LogP contribution in [0.15, 0.2) is 40.9 Å². The van der Waals surface area contributed by atoms with Crippen molar-refractivity contribution in [2.75, 3.05) is 5.73 Å². The van der Waals surface area contributed by atoms with Gasteiger partial charge in [-0.05, 0) is 18.9 Å². The summed E-state index contributed by atoms with van der Waals surface area (Å²) in [6.07, 6.45) is 3.26. The molecule has 0 bridgehead atoms. The Kier molecular flexibility index (Phi) is 2.91. The Morgan fingerprint density at radius 3 is 2.95 bits per heavy atom. The van der Waals surface area contributed by atoms with E-state index >= 15 is 0 Å². The summed E-state index contributed by atoms with van der Waals surface area (Å²) >= 11 is 0. The molecule has 3 aromatic rings. The number of hydrogen-bond acceptors (Lipinski definition) is 4. The van der Waals surface area contributed by atoms with Gasteiger partial charge in [0.15, 0.2) is 17.1 Å². The van der Waals surface area contributed by atoms with E-state index in [1.807, 2.05) is 0 Å². The first-order chi connectivity index (χ1) is 9.20. The largest absolute Gasteiger partial charge is 0.439 e. The van der Waals surface area contributed by atoms with Crippen molar-refractivity contribution < 1.29 is 4.42 Å². The van der Waals surface area contributed by atoms with Crippen molar-refractivity contribution in [2.24, 2.45) is 0 Å². The van der Waals surface area contributed by atoms with Crippen LogP contribution in [0, 0.1) is 6.92 Å². The zero-order chi connectivity index (χ0) is 13.2. The van der Waals surface area contributed by atoms with Crippen LogP contribution < -0.4 is 5.73 Å². The molecule has 0 fully saturated rings. The van der Waals surface area contributed by atoms with Gasteiger partial charge in [0.05, 0.1) is 11.9 Å². The van der Waals surface area contributed by atoms with Crippen LogP contribution in [0.25, 0.3) is 11.2 Å². The standard InChI is InChI=1S/C15H15N3O/c1-10-3-2-4-11(7-10)5-6-14-18-15-13(19-14)8-12(16)9-17-15/h2-4,7-9H,5-6,16H2,1H3. The molecule has 19 heavy (non-hydrogen) atoms. The number of aryl methyl sites for hydroxylation is 3. The Labute approximate surface area is 111 Å². The topological polar surface area (TPSA) is 64.9 Å². The lowest BCUT2D eigenvalue weighted by atomic mass is 10.1. The van der Waals surface area contributed by atoms with Crippen LogP contribution >= 0.6 is 0 Å². The second-order valence-electron chi connectivity index (χ2n) is 4.69. The van der Waals surface area contributed by atoms with Crippen molar-refractivity contribution in [2.45, 2.75) is 19.8 Å². The molecule has 0 saturated heterocycles. The zero-order valence-corrected chi connectivity index (χ0v) is 10.8. The number of hydrogen-bond donors (Lipinski definition) is 1. The summed E-state index contributed by atoms with van der Waals surface area (Å²) in [5.74, 6) is 0.703. The molecule has 4 nitrogen and oxygen atoms in total. The maximum absolute atomic E-state index is 5.66.